The molecule has 1 unspecified atom stereocenters. The highest BCUT2D eigenvalue weighted by atomic mass is 32.1. The molecule has 1 atom stereocenters. The van der Waals surface area contributed by atoms with Crippen molar-refractivity contribution in [2.24, 2.45) is 0 Å². The number of carboxylic acid groups (broad SMARTS) is 1. The van der Waals surface area contributed by atoms with Crippen molar-refractivity contribution in [3.63, 3.8) is 0 Å². The Balaban J connectivity index is 2.47. The van der Waals surface area contributed by atoms with Crippen molar-refractivity contribution < 1.29 is 14.7 Å². The summed E-state index contributed by atoms with van der Waals surface area (Å²) < 4.78 is 0. The maximum absolute atomic E-state index is 11.6. The van der Waals surface area contributed by atoms with Gasteiger partial charge in [-0.2, -0.15) is 0 Å². The lowest BCUT2D eigenvalue weighted by Gasteiger charge is -2.15. The SMILES string of the molecule is CCCC(CC(=O)O)NC(=O)Nc1ncc(C)s1. The van der Waals surface area contributed by atoms with Crippen LogP contribution in [0.4, 0.5) is 9.93 Å². The number of hydrogen-bond donors (Lipinski definition) is 3. The number of aliphatic carboxylic acids is 1. The summed E-state index contributed by atoms with van der Waals surface area (Å²) in [4.78, 5) is 27.3. The van der Waals surface area contributed by atoms with Crippen LogP contribution in [0.2, 0.25) is 0 Å². The fourth-order valence-electron chi connectivity index (χ4n) is 1.52. The third-order valence-corrected chi connectivity index (χ3v) is 3.06. The second-order valence-corrected chi connectivity index (χ2v) is 5.19. The summed E-state index contributed by atoms with van der Waals surface area (Å²) in [5, 5.41) is 14.5. The molecule has 0 aromatic carbocycles. The van der Waals surface area contributed by atoms with Crippen LogP contribution in [-0.4, -0.2) is 28.1 Å². The summed E-state index contributed by atoms with van der Waals surface area (Å²) in [5.41, 5.74) is 0. The molecule has 1 aromatic rings. The van der Waals surface area contributed by atoms with Gasteiger partial charge in [-0.25, -0.2) is 9.78 Å². The first kappa shape index (κ1) is 14.4. The lowest BCUT2D eigenvalue weighted by molar-refractivity contribution is -0.137. The van der Waals surface area contributed by atoms with E-state index in [2.05, 4.69) is 15.6 Å². The number of amides is 2. The van der Waals surface area contributed by atoms with Crippen molar-refractivity contribution in [3.8, 4) is 0 Å². The number of hydrogen-bond acceptors (Lipinski definition) is 4. The van der Waals surface area contributed by atoms with Crippen LogP contribution in [0.5, 0.6) is 0 Å². The molecule has 2 amide bonds. The molecular formula is C11H17N3O3S. The number of carbonyl (C=O) groups is 2. The maximum Gasteiger partial charge on any atom is 0.321 e. The smallest absolute Gasteiger partial charge is 0.321 e. The molecule has 0 spiro atoms. The first-order chi connectivity index (χ1) is 8.51. The molecule has 1 aromatic heterocycles. The predicted octanol–water partition coefficient (Wildman–Crippen LogP) is 2.22. The van der Waals surface area contributed by atoms with Crippen LogP contribution in [0, 0.1) is 6.92 Å². The Morgan fingerprint density at radius 2 is 2.28 bits per heavy atom. The molecule has 0 saturated carbocycles. The molecular weight excluding hydrogens is 254 g/mol. The second kappa shape index (κ2) is 6.95. The van der Waals surface area contributed by atoms with Crippen LogP contribution >= 0.6 is 11.3 Å². The fraction of sp³-hybridized carbons (Fsp3) is 0.545. The van der Waals surface area contributed by atoms with Crippen LogP contribution in [0.25, 0.3) is 0 Å². The lowest BCUT2D eigenvalue weighted by Crippen LogP contribution is -2.39. The number of urea groups is 1. The normalized spacial score (nSPS) is 11.9. The number of thiazole rings is 1. The van der Waals surface area contributed by atoms with E-state index < -0.39 is 12.0 Å². The highest BCUT2D eigenvalue weighted by Crippen LogP contribution is 2.16. The van der Waals surface area contributed by atoms with Gasteiger partial charge >= 0.3 is 12.0 Å². The molecule has 18 heavy (non-hydrogen) atoms. The van der Waals surface area contributed by atoms with Gasteiger partial charge < -0.3 is 10.4 Å². The summed E-state index contributed by atoms with van der Waals surface area (Å²) in [6, 6.07) is -0.766. The molecule has 1 heterocycles. The van der Waals surface area contributed by atoms with Crippen LogP contribution < -0.4 is 10.6 Å². The van der Waals surface area contributed by atoms with Crippen molar-refractivity contribution in [1.82, 2.24) is 10.3 Å². The molecule has 0 radical (unpaired) electrons. The topological polar surface area (TPSA) is 91.3 Å². The molecule has 0 bridgehead atoms. The molecule has 1 rings (SSSR count). The third kappa shape index (κ3) is 5.13. The second-order valence-electron chi connectivity index (χ2n) is 3.96. The van der Waals surface area contributed by atoms with E-state index in [1.165, 1.54) is 11.3 Å². The van der Waals surface area contributed by atoms with Gasteiger partial charge in [-0.3, -0.25) is 10.1 Å². The lowest BCUT2D eigenvalue weighted by atomic mass is 10.1. The van der Waals surface area contributed by atoms with Gasteiger partial charge in [0.15, 0.2) is 5.13 Å². The average molecular weight is 271 g/mol. The minimum Gasteiger partial charge on any atom is -0.481 e. The molecule has 3 N–H and O–H groups in total. The molecule has 100 valence electrons. The van der Waals surface area contributed by atoms with Gasteiger partial charge in [-0.1, -0.05) is 13.3 Å². The number of nitrogens with one attached hydrogen (secondary N) is 2. The summed E-state index contributed by atoms with van der Waals surface area (Å²) in [5.74, 6) is -0.918. The van der Waals surface area contributed by atoms with Gasteiger partial charge in [0.2, 0.25) is 0 Å². The Bertz CT molecular complexity index is 419. The van der Waals surface area contributed by atoms with Crippen molar-refractivity contribution >= 4 is 28.5 Å². The van der Waals surface area contributed by atoms with Gasteiger partial charge in [0, 0.05) is 17.1 Å². The van der Waals surface area contributed by atoms with Gasteiger partial charge in [0.05, 0.1) is 6.42 Å². The quantitative estimate of drug-likeness (QED) is 0.739. The summed E-state index contributed by atoms with van der Waals surface area (Å²) in [6.07, 6.45) is 3.05. The van der Waals surface area contributed by atoms with Crippen LogP contribution in [0.3, 0.4) is 0 Å². The highest BCUT2D eigenvalue weighted by molar-refractivity contribution is 7.15. The predicted molar refractivity (Wildman–Crippen MR) is 70.0 cm³/mol. The molecule has 7 heteroatoms. The van der Waals surface area contributed by atoms with Gasteiger partial charge in [0.25, 0.3) is 0 Å². The van der Waals surface area contributed by atoms with E-state index in [-0.39, 0.29) is 12.5 Å². The number of carbonyl (C=O) groups excluding carboxylic acids is 1. The van der Waals surface area contributed by atoms with Gasteiger partial charge in [0.1, 0.15) is 0 Å². The summed E-state index contributed by atoms with van der Waals surface area (Å²) in [6.45, 7) is 3.84. The number of nitrogens with zero attached hydrogens (tertiary/aromatic N) is 1. The first-order valence-electron chi connectivity index (χ1n) is 5.73. The van der Waals surface area contributed by atoms with Crippen molar-refractivity contribution in [2.45, 2.75) is 39.2 Å². The Kier molecular flexibility index (Phi) is 5.57. The third-order valence-electron chi connectivity index (χ3n) is 2.24. The van der Waals surface area contributed by atoms with Gasteiger partial charge in [-0.15, -0.1) is 11.3 Å². The summed E-state index contributed by atoms with van der Waals surface area (Å²) in [7, 11) is 0. The molecule has 0 aliphatic carbocycles. The van der Waals surface area contributed by atoms with E-state index >= 15 is 0 Å². The van der Waals surface area contributed by atoms with E-state index in [0.717, 1.165) is 11.3 Å². The Morgan fingerprint density at radius 3 is 2.78 bits per heavy atom. The van der Waals surface area contributed by atoms with Crippen LogP contribution in [-0.2, 0) is 4.79 Å². The van der Waals surface area contributed by atoms with E-state index in [1.54, 1.807) is 6.20 Å². The molecule has 0 fully saturated rings. The zero-order valence-corrected chi connectivity index (χ0v) is 11.2. The largest absolute Gasteiger partial charge is 0.481 e. The number of aryl methyl sites for hydroxylation is 1. The monoisotopic (exact) mass is 271 g/mol. The van der Waals surface area contributed by atoms with E-state index in [1.807, 2.05) is 13.8 Å². The number of anilines is 1. The zero-order valence-electron chi connectivity index (χ0n) is 10.4. The summed E-state index contributed by atoms with van der Waals surface area (Å²) >= 11 is 1.37. The molecule has 6 nitrogen and oxygen atoms in total. The zero-order chi connectivity index (χ0) is 13.5. The molecule has 0 saturated heterocycles. The standard InChI is InChI=1S/C11H17N3O3S/c1-3-4-8(5-9(15)16)13-10(17)14-11-12-6-7(2)18-11/h6,8H,3-5H2,1-2H3,(H,15,16)(H2,12,13,14,17). The van der Waals surface area contributed by atoms with Crippen molar-refractivity contribution in [2.75, 3.05) is 5.32 Å². The number of aromatic nitrogens is 1. The Hall–Kier alpha value is -1.63. The first-order valence-corrected chi connectivity index (χ1v) is 6.54. The number of carboxylic acids is 1. The minimum atomic E-state index is -0.918. The maximum atomic E-state index is 11.6. The van der Waals surface area contributed by atoms with Crippen LogP contribution in [0.1, 0.15) is 31.1 Å². The minimum absolute atomic E-state index is 0.0713. The Labute approximate surface area is 109 Å². The van der Waals surface area contributed by atoms with Crippen molar-refractivity contribution in [1.29, 1.82) is 0 Å². The van der Waals surface area contributed by atoms with E-state index in [0.29, 0.717) is 11.6 Å². The Morgan fingerprint density at radius 1 is 1.56 bits per heavy atom. The highest BCUT2D eigenvalue weighted by Gasteiger charge is 2.15. The van der Waals surface area contributed by atoms with Crippen LogP contribution in [0.15, 0.2) is 6.20 Å². The fourth-order valence-corrected chi connectivity index (χ4v) is 2.18. The number of rotatable bonds is 6. The van der Waals surface area contributed by atoms with E-state index in [4.69, 9.17) is 5.11 Å². The average Bonchev–Trinajstić information content (AvgIpc) is 2.62. The van der Waals surface area contributed by atoms with Crippen molar-refractivity contribution in [3.05, 3.63) is 11.1 Å². The van der Waals surface area contributed by atoms with Gasteiger partial charge in [-0.05, 0) is 13.3 Å². The van der Waals surface area contributed by atoms with E-state index in [9.17, 15) is 9.59 Å². The molecule has 0 aliphatic rings. The molecule has 0 aliphatic heterocycles.